The van der Waals surface area contributed by atoms with Gasteiger partial charge in [-0.3, -0.25) is 5.41 Å². The summed E-state index contributed by atoms with van der Waals surface area (Å²) in [7, 11) is 2.54. The molecule has 2 saturated heterocycles. The fourth-order valence-corrected chi connectivity index (χ4v) is 3.55. The third kappa shape index (κ3) is 5.71. The van der Waals surface area contributed by atoms with Crippen LogP contribution >= 0.6 is 34.8 Å². The van der Waals surface area contributed by atoms with Gasteiger partial charge in [0.15, 0.2) is 6.10 Å². The quantitative estimate of drug-likeness (QED) is 0.267. The van der Waals surface area contributed by atoms with E-state index in [0.717, 1.165) is 0 Å². The summed E-state index contributed by atoms with van der Waals surface area (Å²) in [6.45, 7) is 1.25. The summed E-state index contributed by atoms with van der Waals surface area (Å²) in [5.74, 6) is -4.00. The highest BCUT2D eigenvalue weighted by Crippen LogP contribution is 2.37. The highest BCUT2D eigenvalue weighted by Gasteiger charge is 2.57. The standard InChI is InChI=1S/C20H22Cl3NO9/c1-19(18(26)28-3)29-9-11-12(33-19)13(27-2)14(16(30-11)32-17(24)20(21,22)23)31-15(25)10-7-5-4-6-8-10/h4-8,11-14,16,24H,9H2,1-3H3/t11-,12-,13+,14-,16-,19+/m1/s1. The Morgan fingerprint density at radius 3 is 2.36 bits per heavy atom. The van der Waals surface area contributed by atoms with Crippen molar-refractivity contribution in [3.05, 3.63) is 35.9 Å². The summed E-state index contributed by atoms with van der Waals surface area (Å²) in [5, 5.41) is 7.91. The summed E-state index contributed by atoms with van der Waals surface area (Å²) in [6, 6.07) is 8.16. The number of hydrogen-bond donors (Lipinski definition) is 1. The minimum absolute atomic E-state index is 0.129. The maximum Gasteiger partial charge on any atom is 0.366 e. The van der Waals surface area contributed by atoms with Gasteiger partial charge in [-0.15, -0.1) is 0 Å². The molecule has 0 unspecified atom stereocenters. The van der Waals surface area contributed by atoms with Gasteiger partial charge < -0.3 is 33.2 Å². The van der Waals surface area contributed by atoms with E-state index >= 15 is 0 Å². The molecule has 0 radical (unpaired) electrons. The first-order chi connectivity index (χ1) is 15.5. The second-order valence-electron chi connectivity index (χ2n) is 7.25. The molecule has 2 fully saturated rings. The molecule has 0 amide bonds. The van der Waals surface area contributed by atoms with E-state index in [1.807, 2.05) is 0 Å². The molecule has 1 aromatic carbocycles. The lowest BCUT2D eigenvalue weighted by Gasteiger charge is -2.49. The second-order valence-corrected chi connectivity index (χ2v) is 9.54. The fraction of sp³-hybridized carbons (Fsp3) is 0.550. The van der Waals surface area contributed by atoms with Crippen LogP contribution in [0.3, 0.4) is 0 Å². The molecular weight excluding hydrogens is 505 g/mol. The van der Waals surface area contributed by atoms with Crippen LogP contribution in [0.15, 0.2) is 30.3 Å². The number of nitrogens with one attached hydrogen (secondary N) is 1. The molecule has 0 aromatic heterocycles. The fourth-order valence-electron chi connectivity index (χ4n) is 3.42. The molecule has 33 heavy (non-hydrogen) atoms. The number of methoxy groups -OCH3 is 2. The van der Waals surface area contributed by atoms with Gasteiger partial charge in [-0.25, -0.2) is 9.59 Å². The van der Waals surface area contributed by atoms with E-state index in [9.17, 15) is 9.59 Å². The van der Waals surface area contributed by atoms with Crippen molar-refractivity contribution in [2.75, 3.05) is 20.8 Å². The molecule has 0 bridgehead atoms. The number of carbonyl (C=O) groups excluding carboxylic acids is 2. The molecular formula is C20H22Cl3NO9. The van der Waals surface area contributed by atoms with Gasteiger partial charge in [-0.1, -0.05) is 53.0 Å². The number of benzene rings is 1. The van der Waals surface area contributed by atoms with Crippen molar-refractivity contribution in [2.45, 2.75) is 47.2 Å². The molecule has 13 heteroatoms. The van der Waals surface area contributed by atoms with Crippen molar-refractivity contribution in [2.24, 2.45) is 0 Å². The largest absolute Gasteiger partial charge is 0.465 e. The van der Waals surface area contributed by atoms with E-state index in [4.69, 9.17) is 73.4 Å². The molecule has 10 nitrogen and oxygen atoms in total. The van der Waals surface area contributed by atoms with Crippen LogP contribution in [0, 0.1) is 5.41 Å². The van der Waals surface area contributed by atoms with Crippen LogP contribution in [-0.4, -0.2) is 78.9 Å². The van der Waals surface area contributed by atoms with E-state index in [1.165, 1.54) is 21.1 Å². The Bertz CT molecular complexity index is 881. The number of carbonyl (C=O) groups is 2. The van der Waals surface area contributed by atoms with Crippen LogP contribution in [0.5, 0.6) is 0 Å². The number of hydrogen-bond acceptors (Lipinski definition) is 10. The Morgan fingerprint density at radius 2 is 1.79 bits per heavy atom. The highest BCUT2D eigenvalue weighted by molar-refractivity contribution is 6.76. The molecule has 2 heterocycles. The van der Waals surface area contributed by atoms with Crippen LogP contribution in [0.2, 0.25) is 0 Å². The zero-order valence-electron chi connectivity index (χ0n) is 17.8. The number of alkyl halides is 3. The minimum Gasteiger partial charge on any atom is -0.465 e. The van der Waals surface area contributed by atoms with E-state index in [0.29, 0.717) is 0 Å². The zero-order chi connectivity index (χ0) is 24.4. The number of esters is 2. The van der Waals surface area contributed by atoms with Gasteiger partial charge in [-0.2, -0.15) is 0 Å². The SMILES string of the molecule is COC(=O)[C@@]1(C)OC[C@H]2O[C@H](OC(=N)C(Cl)(Cl)Cl)[C@H](OC(=O)c3ccccc3)[C@@H](OC)[C@@H]2O1. The lowest BCUT2D eigenvalue weighted by atomic mass is 9.96. The third-order valence-corrected chi connectivity index (χ3v) is 5.56. The normalized spacial score (nSPS) is 31.8. The molecule has 6 atom stereocenters. The van der Waals surface area contributed by atoms with Gasteiger partial charge in [0.1, 0.15) is 18.3 Å². The molecule has 2 aliphatic rings. The maximum atomic E-state index is 12.8. The average Bonchev–Trinajstić information content (AvgIpc) is 2.78. The van der Waals surface area contributed by atoms with E-state index in [2.05, 4.69) is 0 Å². The third-order valence-electron chi connectivity index (χ3n) is 5.05. The van der Waals surface area contributed by atoms with Gasteiger partial charge >= 0.3 is 11.9 Å². The molecule has 0 saturated carbocycles. The van der Waals surface area contributed by atoms with Crippen LogP contribution in [0.1, 0.15) is 17.3 Å². The topological polar surface area (TPSA) is 123 Å². The van der Waals surface area contributed by atoms with Crippen molar-refractivity contribution in [3.63, 3.8) is 0 Å². The first-order valence-corrected chi connectivity index (χ1v) is 10.8. The Kier molecular flexibility index (Phi) is 8.11. The molecule has 3 rings (SSSR count). The van der Waals surface area contributed by atoms with Crippen LogP contribution < -0.4 is 0 Å². The Morgan fingerprint density at radius 1 is 1.12 bits per heavy atom. The van der Waals surface area contributed by atoms with Gasteiger partial charge in [-0.05, 0) is 12.1 Å². The van der Waals surface area contributed by atoms with Crippen LogP contribution in [0.25, 0.3) is 0 Å². The number of ether oxygens (including phenoxy) is 7. The molecule has 1 N–H and O–H groups in total. The molecule has 2 aliphatic heterocycles. The zero-order valence-corrected chi connectivity index (χ0v) is 20.1. The van der Waals surface area contributed by atoms with Gasteiger partial charge in [0.05, 0.1) is 19.3 Å². The number of fused-ring (bicyclic) bond motifs is 1. The van der Waals surface area contributed by atoms with Gasteiger partial charge in [0, 0.05) is 14.0 Å². The molecule has 1 aromatic rings. The van der Waals surface area contributed by atoms with E-state index in [-0.39, 0.29) is 12.2 Å². The molecule has 0 spiro atoms. The van der Waals surface area contributed by atoms with Crippen molar-refractivity contribution in [1.29, 1.82) is 5.41 Å². The number of rotatable bonds is 5. The van der Waals surface area contributed by atoms with Crippen molar-refractivity contribution in [3.8, 4) is 0 Å². The Labute approximate surface area is 204 Å². The first-order valence-electron chi connectivity index (χ1n) is 9.67. The Balaban J connectivity index is 1.91. The summed E-state index contributed by atoms with van der Waals surface area (Å²) in [5.41, 5.74) is 0.247. The smallest absolute Gasteiger partial charge is 0.366 e. The average molecular weight is 527 g/mol. The predicted octanol–water partition coefficient (Wildman–Crippen LogP) is 2.62. The van der Waals surface area contributed by atoms with Crippen molar-refractivity contribution in [1.82, 2.24) is 0 Å². The molecule has 0 aliphatic carbocycles. The first kappa shape index (κ1) is 26.0. The minimum atomic E-state index is -2.19. The summed E-state index contributed by atoms with van der Waals surface area (Å²) in [6.07, 6.45) is -5.49. The van der Waals surface area contributed by atoms with Crippen molar-refractivity contribution < 1.29 is 42.7 Å². The van der Waals surface area contributed by atoms with E-state index < -0.39 is 58.1 Å². The Hall–Kier alpha value is -1.66. The maximum absolute atomic E-state index is 12.8. The van der Waals surface area contributed by atoms with E-state index in [1.54, 1.807) is 30.3 Å². The lowest BCUT2D eigenvalue weighted by molar-refractivity contribution is -0.373. The van der Waals surface area contributed by atoms with Crippen LogP contribution in [0.4, 0.5) is 0 Å². The summed E-state index contributed by atoms with van der Waals surface area (Å²) in [4.78, 5) is 25.0. The predicted molar refractivity (Wildman–Crippen MR) is 115 cm³/mol. The summed E-state index contributed by atoms with van der Waals surface area (Å²) < 4.78 is 36.4. The van der Waals surface area contributed by atoms with Crippen LogP contribution in [-0.2, 0) is 38.0 Å². The van der Waals surface area contributed by atoms with Gasteiger partial charge in [0.25, 0.3) is 9.58 Å². The highest BCUT2D eigenvalue weighted by atomic mass is 35.6. The summed E-state index contributed by atoms with van der Waals surface area (Å²) >= 11 is 17.2. The molecule has 182 valence electrons. The number of halogens is 3. The van der Waals surface area contributed by atoms with Gasteiger partial charge in [0.2, 0.25) is 12.2 Å². The lowest BCUT2D eigenvalue weighted by Crippen LogP contribution is -2.68. The second kappa shape index (κ2) is 10.3. The monoisotopic (exact) mass is 525 g/mol. The van der Waals surface area contributed by atoms with Crippen molar-refractivity contribution >= 4 is 52.6 Å².